The number of nitrogens with one attached hydrogen (secondary N) is 1. The Balaban J connectivity index is 1.77. The van der Waals surface area contributed by atoms with E-state index >= 15 is 0 Å². The van der Waals surface area contributed by atoms with Gasteiger partial charge < -0.3 is 10.4 Å². The van der Waals surface area contributed by atoms with Crippen LogP contribution in [0.3, 0.4) is 0 Å². The highest BCUT2D eigenvalue weighted by atomic mass is 16.4. The van der Waals surface area contributed by atoms with Crippen LogP contribution in [0.5, 0.6) is 0 Å². The molecule has 0 saturated carbocycles. The molecule has 1 atom stereocenters. The van der Waals surface area contributed by atoms with Crippen molar-refractivity contribution in [2.75, 3.05) is 19.6 Å². The molecule has 0 spiro atoms. The minimum Gasteiger partial charge on any atom is -0.465 e. The predicted octanol–water partition coefficient (Wildman–Crippen LogP) is 3.10. The Morgan fingerprint density at radius 3 is 2.39 bits per heavy atom. The molecule has 1 heterocycles. The number of likely N-dealkylation sites (tertiary alicyclic amines) is 1. The molecule has 2 aromatic rings. The van der Waals surface area contributed by atoms with Crippen LogP contribution >= 0.6 is 0 Å². The maximum atomic E-state index is 11.0. The standard InChI is InChI=1S/C19H22N2O2/c22-18(23)20-14-19(17-9-5-2-6-10-17)11-12-21(15-19)13-16-7-3-1-4-8-16/h1-10,20H,11-15H2,(H,22,23). The fourth-order valence-electron chi connectivity index (χ4n) is 3.45. The van der Waals surface area contributed by atoms with Crippen LogP contribution in [0.15, 0.2) is 60.7 Å². The van der Waals surface area contributed by atoms with Gasteiger partial charge in [0, 0.05) is 25.0 Å². The topological polar surface area (TPSA) is 52.6 Å². The smallest absolute Gasteiger partial charge is 0.404 e. The third-order valence-corrected chi connectivity index (χ3v) is 4.65. The zero-order valence-corrected chi connectivity index (χ0v) is 13.1. The summed E-state index contributed by atoms with van der Waals surface area (Å²) in [5.41, 5.74) is 2.36. The fourth-order valence-corrected chi connectivity index (χ4v) is 3.45. The lowest BCUT2D eigenvalue weighted by Gasteiger charge is -2.30. The molecule has 1 saturated heterocycles. The third kappa shape index (κ3) is 3.71. The Bertz CT molecular complexity index is 645. The lowest BCUT2D eigenvalue weighted by atomic mass is 9.79. The van der Waals surface area contributed by atoms with Crippen molar-refractivity contribution in [3.8, 4) is 0 Å². The van der Waals surface area contributed by atoms with Gasteiger partial charge in [-0.2, -0.15) is 0 Å². The molecule has 120 valence electrons. The first-order valence-electron chi connectivity index (χ1n) is 7.97. The van der Waals surface area contributed by atoms with E-state index in [-0.39, 0.29) is 5.41 Å². The van der Waals surface area contributed by atoms with Crippen LogP contribution in [0.2, 0.25) is 0 Å². The molecule has 4 nitrogen and oxygen atoms in total. The monoisotopic (exact) mass is 310 g/mol. The van der Waals surface area contributed by atoms with Crippen LogP contribution in [-0.4, -0.2) is 35.7 Å². The summed E-state index contributed by atoms with van der Waals surface area (Å²) in [5.74, 6) is 0. The number of hydrogen-bond acceptors (Lipinski definition) is 2. The van der Waals surface area contributed by atoms with Crippen molar-refractivity contribution in [3.63, 3.8) is 0 Å². The summed E-state index contributed by atoms with van der Waals surface area (Å²) in [6.07, 6.45) is 0.00578. The Hall–Kier alpha value is -2.33. The highest BCUT2D eigenvalue weighted by Crippen LogP contribution is 2.34. The van der Waals surface area contributed by atoms with Crippen LogP contribution in [0.25, 0.3) is 0 Å². The number of carbonyl (C=O) groups is 1. The Kier molecular flexibility index (Phi) is 4.63. The van der Waals surface area contributed by atoms with E-state index in [0.29, 0.717) is 6.54 Å². The summed E-state index contributed by atoms with van der Waals surface area (Å²) in [6.45, 7) is 3.21. The first-order valence-corrected chi connectivity index (χ1v) is 7.97. The van der Waals surface area contributed by atoms with Gasteiger partial charge in [0.15, 0.2) is 0 Å². The molecule has 0 aliphatic carbocycles. The molecule has 0 aromatic heterocycles. The maximum Gasteiger partial charge on any atom is 0.404 e. The SMILES string of the molecule is O=C(O)NCC1(c2ccccc2)CCN(Cc2ccccc2)C1. The third-order valence-electron chi connectivity index (χ3n) is 4.65. The summed E-state index contributed by atoms with van der Waals surface area (Å²) in [4.78, 5) is 13.4. The molecule has 1 fully saturated rings. The van der Waals surface area contributed by atoms with E-state index in [1.54, 1.807) is 0 Å². The molecule has 2 N–H and O–H groups in total. The van der Waals surface area contributed by atoms with Crippen LogP contribution in [0, 0.1) is 0 Å². The predicted molar refractivity (Wildman–Crippen MR) is 90.5 cm³/mol. The molecule has 0 radical (unpaired) electrons. The molecule has 4 heteroatoms. The molecule has 1 amide bonds. The van der Waals surface area contributed by atoms with E-state index in [1.165, 1.54) is 11.1 Å². The first-order chi connectivity index (χ1) is 11.2. The second-order valence-corrected chi connectivity index (χ2v) is 6.25. The van der Waals surface area contributed by atoms with Gasteiger partial charge in [0.2, 0.25) is 0 Å². The van der Waals surface area contributed by atoms with Crippen molar-refractivity contribution < 1.29 is 9.90 Å². The molecular formula is C19H22N2O2. The van der Waals surface area contributed by atoms with E-state index in [1.807, 2.05) is 24.3 Å². The first kappa shape index (κ1) is 15.6. The van der Waals surface area contributed by atoms with Gasteiger partial charge in [-0.25, -0.2) is 4.79 Å². The average molecular weight is 310 g/mol. The molecule has 3 rings (SSSR count). The van der Waals surface area contributed by atoms with Gasteiger partial charge in [-0.3, -0.25) is 4.90 Å². The van der Waals surface area contributed by atoms with E-state index in [0.717, 1.165) is 26.1 Å². The molecule has 1 aliphatic heterocycles. The van der Waals surface area contributed by atoms with Gasteiger partial charge in [-0.15, -0.1) is 0 Å². The van der Waals surface area contributed by atoms with Gasteiger partial charge in [-0.1, -0.05) is 60.7 Å². The Labute approximate surface area is 136 Å². The zero-order chi connectivity index (χ0) is 16.1. The molecule has 23 heavy (non-hydrogen) atoms. The summed E-state index contributed by atoms with van der Waals surface area (Å²) in [6, 6.07) is 20.7. The second kappa shape index (κ2) is 6.84. The molecule has 1 aliphatic rings. The van der Waals surface area contributed by atoms with Gasteiger partial charge >= 0.3 is 6.09 Å². The van der Waals surface area contributed by atoms with Gasteiger partial charge in [-0.05, 0) is 24.1 Å². The second-order valence-electron chi connectivity index (χ2n) is 6.25. The summed E-state index contributed by atoms with van der Waals surface area (Å²) in [7, 11) is 0. The van der Waals surface area contributed by atoms with Crippen LogP contribution in [0.1, 0.15) is 17.5 Å². The number of rotatable bonds is 5. The molecule has 2 aromatic carbocycles. The minimum absolute atomic E-state index is 0.144. The summed E-state index contributed by atoms with van der Waals surface area (Å²) in [5, 5.41) is 11.6. The number of nitrogens with zero attached hydrogens (tertiary/aromatic N) is 1. The molecule has 0 bridgehead atoms. The van der Waals surface area contributed by atoms with E-state index in [4.69, 9.17) is 5.11 Å². The normalized spacial score (nSPS) is 21.2. The van der Waals surface area contributed by atoms with Crippen molar-refractivity contribution >= 4 is 6.09 Å². The van der Waals surface area contributed by atoms with Crippen LogP contribution in [-0.2, 0) is 12.0 Å². The van der Waals surface area contributed by atoms with Crippen molar-refractivity contribution in [2.45, 2.75) is 18.4 Å². The van der Waals surface area contributed by atoms with Crippen molar-refractivity contribution in [3.05, 3.63) is 71.8 Å². The molecule has 1 unspecified atom stereocenters. The fraction of sp³-hybridized carbons (Fsp3) is 0.316. The van der Waals surface area contributed by atoms with E-state index in [9.17, 15) is 4.79 Å². The van der Waals surface area contributed by atoms with Crippen molar-refractivity contribution in [1.82, 2.24) is 10.2 Å². The average Bonchev–Trinajstić information content (AvgIpc) is 2.99. The maximum absolute atomic E-state index is 11.0. The van der Waals surface area contributed by atoms with Crippen molar-refractivity contribution in [1.29, 1.82) is 0 Å². The lowest BCUT2D eigenvalue weighted by molar-refractivity contribution is 0.190. The Morgan fingerprint density at radius 2 is 1.74 bits per heavy atom. The molecular weight excluding hydrogens is 288 g/mol. The van der Waals surface area contributed by atoms with E-state index < -0.39 is 6.09 Å². The van der Waals surface area contributed by atoms with Crippen molar-refractivity contribution in [2.24, 2.45) is 0 Å². The highest BCUT2D eigenvalue weighted by molar-refractivity contribution is 5.64. The zero-order valence-electron chi connectivity index (χ0n) is 13.1. The quantitative estimate of drug-likeness (QED) is 0.892. The Morgan fingerprint density at radius 1 is 1.09 bits per heavy atom. The van der Waals surface area contributed by atoms with Gasteiger partial charge in [0.1, 0.15) is 0 Å². The lowest BCUT2D eigenvalue weighted by Crippen LogP contribution is -2.42. The highest BCUT2D eigenvalue weighted by Gasteiger charge is 2.39. The summed E-state index contributed by atoms with van der Waals surface area (Å²) >= 11 is 0. The number of hydrogen-bond donors (Lipinski definition) is 2. The summed E-state index contributed by atoms with van der Waals surface area (Å²) < 4.78 is 0. The number of carboxylic acid groups (broad SMARTS) is 1. The van der Waals surface area contributed by atoms with Gasteiger partial charge in [0.05, 0.1) is 0 Å². The van der Waals surface area contributed by atoms with Crippen LogP contribution in [0.4, 0.5) is 4.79 Å². The number of benzene rings is 2. The largest absolute Gasteiger partial charge is 0.465 e. The van der Waals surface area contributed by atoms with Gasteiger partial charge in [0.25, 0.3) is 0 Å². The minimum atomic E-state index is -0.957. The van der Waals surface area contributed by atoms with E-state index in [2.05, 4.69) is 46.6 Å². The van der Waals surface area contributed by atoms with Crippen LogP contribution < -0.4 is 5.32 Å². The number of amides is 1.